The number of amides is 2. The second kappa shape index (κ2) is 11.1. The molecule has 0 saturated carbocycles. The summed E-state index contributed by atoms with van der Waals surface area (Å²) in [6.45, 7) is 0.265. The molecule has 1 unspecified atom stereocenters. The summed E-state index contributed by atoms with van der Waals surface area (Å²) in [6, 6.07) is 16.3. The number of nitrogens with zero attached hydrogens (tertiary/aromatic N) is 1. The Morgan fingerprint density at radius 2 is 1.71 bits per heavy atom. The van der Waals surface area contributed by atoms with Crippen molar-refractivity contribution >= 4 is 29.3 Å². The minimum absolute atomic E-state index is 0.00248. The smallest absolute Gasteiger partial charge is 0.407 e. The third-order valence-corrected chi connectivity index (χ3v) is 6.61. The molecule has 0 spiro atoms. The molecule has 3 aromatic rings. The number of benzene rings is 2. The van der Waals surface area contributed by atoms with Crippen LogP contribution in [0.1, 0.15) is 27.7 Å². The van der Waals surface area contributed by atoms with E-state index >= 15 is 0 Å². The van der Waals surface area contributed by atoms with Crippen molar-refractivity contribution in [3.63, 3.8) is 0 Å². The number of carbonyl (C=O) groups is 3. The largest absolute Gasteiger partial charge is 0.479 e. The number of rotatable bonds is 10. The van der Waals surface area contributed by atoms with Gasteiger partial charge in [-0.15, -0.1) is 11.3 Å². The van der Waals surface area contributed by atoms with Crippen molar-refractivity contribution in [2.45, 2.75) is 25.0 Å². The predicted octanol–water partition coefficient (Wildman–Crippen LogP) is 2.94. The Morgan fingerprint density at radius 3 is 2.34 bits per heavy atom. The van der Waals surface area contributed by atoms with Crippen molar-refractivity contribution in [1.29, 1.82) is 0 Å². The molecule has 2 aromatic carbocycles. The first kappa shape index (κ1) is 24.4. The SMILES string of the molecule is COC(CNC(=O)Cc1csc(CNC(=O)OCC2c3ccccc3-c3ccccc32)n1)C(=O)O. The summed E-state index contributed by atoms with van der Waals surface area (Å²) in [5.41, 5.74) is 5.14. The maximum Gasteiger partial charge on any atom is 0.407 e. The normalized spacial score (nSPS) is 12.9. The molecule has 1 aliphatic carbocycles. The van der Waals surface area contributed by atoms with Gasteiger partial charge >= 0.3 is 12.1 Å². The van der Waals surface area contributed by atoms with Gasteiger partial charge in [0.1, 0.15) is 11.6 Å². The molecule has 182 valence electrons. The van der Waals surface area contributed by atoms with Crippen LogP contribution >= 0.6 is 11.3 Å². The van der Waals surface area contributed by atoms with E-state index in [1.54, 1.807) is 5.38 Å². The highest BCUT2D eigenvalue weighted by Gasteiger charge is 2.29. The van der Waals surface area contributed by atoms with Crippen LogP contribution in [0.4, 0.5) is 4.79 Å². The van der Waals surface area contributed by atoms with E-state index in [2.05, 4.69) is 39.9 Å². The second-order valence-electron chi connectivity index (χ2n) is 7.96. The van der Waals surface area contributed by atoms with Crippen molar-refractivity contribution in [3.8, 4) is 11.1 Å². The van der Waals surface area contributed by atoms with Crippen molar-refractivity contribution < 1.29 is 29.0 Å². The number of fused-ring (bicyclic) bond motifs is 3. The van der Waals surface area contributed by atoms with Crippen molar-refractivity contribution in [2.24, 2.45) is 0 Å². The first-order chi connectivity index (χ1) is 17.0. The van der Waals surface area contributed by atoms with Gasteiger partial charge in [0.05, 0.1) is 25.2 Å². The van der Waals surface area contributed by atoms with Gasteiger partial charge in [0, 0.05) is 18.4 Å². The van der Waals surface area contributed by atoms with E-state index in [4.69, 9.17) is 14.6 Å². The lowest BCUT2D eigenvalue weighted by Gasteiger charge is -2.14. The quantitative estimate of drug-likeness (QED) is 0.395. The molecule has 0 aliphatic heterocycles. The van der Waals surface area contributed by atoms with Crippen LogP contribution in [0.25, 0.3) is 11.1 Å². The molecule has 35 heavy (non-hydrogen) atoms. The summed E-state index contributed by atoms with van der Waals surface area (Å²) < 4.78 is 10.3. The standard InChI is InChI=1S/C25H25N3O6S/c1-33-21(24(30)31)11-26-22(29)10-15-14-35-23(28-15)12-27-25(32)34-13-20-18-8-4-2-6-16(18)17-7-3-5-9-19(17)20/h2-9,14,20-21H,10-13H2,1H3,(H,26,29)(H,27,32)(H,30,31). The number of hydrogen-bond acceptors (Lipinski definition) is 7. The number of aliphatic carboxylic acids is 1. The lowest BCUT2D eigenvalue weighted by atomic mass is 9.98. The van der Waals surface area contributed by atoms with E-state index in [1.807, 2.05) is 24.3 Å². The average molecular weight is 496 g/mol. The van der Waals surface area contributed by atoms with Crippen LogP contribution in [0.2, 0.25) is 0 Å². The van der Waals surface area contributed by atoms with E-state index in [0.29, 0.717) is 10.7 Å². The molecule has 2 amide bonds. The number of nitrogens with one attached hydrogen (secondary N) is 2. The minimum atomic E-state index is -1.15. The summed E-state index contributed by atoms with van der Waals surface area (Å²) in [6.07, 6.45) is -1.65. The predicted molar refractivity (Wildman–Crippen MR) is 129 cm³/mol. The lowest BCUT2D eigenvalue weighted by molar-refractivity contribution is -0.148. The molecule has 4 rings (SSSR count). The maximum atomic E-state index is 12.3. The summed E-state index contributed by atoms with van der Waals surface area (Å²) in [5, 5.41) is 16.5. The minimum Gasteiger partial charge on any atom is -0.479 e. The molecule has 1 atom stereocenters. The van der Waals surface area contributed by atoms with E-state index in [0.717, 1.165) is 22.3 Å². The van der Waals surface area contributed by atoms with Gasteiger partial charge in [-0.1, -0.05) is 48.5 Å². The molecule has 0 bridgehead atoms. The average Bonchev–Trinajstić information content (AvgIpc) is 3.43. The molecule has 1 aromatic heterocycles. The highest BCUT2D eigenvalue weighted by atomic mass is 32.1. The van der Waals surface area contributed by atoms with Crippen molar-refractivity contribution in [3.05, 3.63) is 75.7 Å². The summed E-state index contributed by atoms with van der Waals surface area (Å²) in [5.74, 6) is -1.53. The molecule has 0 saturated heterocycles. The van der Waals surface area contributed by atoms with Crippen molar-refractivity contribution in [1.82, 2.24) is 15.6 Å². The summed E-state index contributed by atoms with van der Waals surface area (Å²) >= 11 is 1.31. The van der Waals surface area contributed by atoms with Crippen LogP contribution < -0.4 is 10.6 Å². The fourth-order valence-corrected chi connectivity index (χ4v) is 4.75. The Labute approximate surface area is 206 Å². The number of carboxylic acids is 1. The fourth-order valence-electron chi connectivity index (χ4n) is 4.01. The van der Waals surface area contributed by atoms with Crippen molar-refractivity contribution in [2.75, 3.05) is 20.3 Å². The van der Waals surface area contributed by atoms with Gasteiger partial charge in [0.25, 0.3) is 0 Å². The molecule has 9 nitrogen and oxygen atoms in total. The molecule has 0 radical (unpaired) electrons. The van der Waals surface area contributed by atoms with Gasteiger partial charge in [0.15, 0.2) is 6.10 Å². The Bertz CT molecular complexity index is 1180. The van der Waals surface area contributed by atoms with Crippen LogP contribution in [-0.2, 0) is 32.0 Å². The topological polar surface area (TPSA) is 127 Å². The van der Waals surface area contributed by atoms with Gasteiger partial charge in [0.2, 0.25) is 5.91 Å². The van der Waals surface area contributed by atoms with Gasteiger partial charge in [-0.25, -0.2) is 14.6 Å². The molecule has 3 N–H and O–H groups in total. The number of methoxy groups -OCH3 is 1. The molecule has 1 aliphatic rings. The van der Waals surface area contributed by atoms with Crippen LogP contribution in [0, 0.1) is 0 Å². The number of thiazole rings is 1. The molecule has 0 fully saturated rings. The molecular weight excluding hydrogens is 470 g/mol. The lowest BCUT2D eigenvalue weighted by Crippen LogP contribution is -2.38. The number of carboxylic acid groups (broad SMARTS) is 1. The van der Waals surface area contributed by atoms with Gasteiger partial charge in [-0.2, -0.15) is 0 Å². The third-order valence-electron chi connectivity index (χ3n) is 5.71. The molecule has 10 heteroatoms. The van der Waals surface area contributed by atoms with E-state index < -0.39 is 18.2 Å². The zero-order valence-corrected chi connectivity index (χ0v) is 19.8. The summed E-state index contributed by atoms with van der Waals surface area (Å²) in [7, 11) is 1.27. The van der Waals surface area contributed by atoms with Crippen LogP contribution in [0.3, 0.4) is 0 Å². The monoisotopic (exact) mass is 495 g/mol. The summed E-state index contributed by atoms with van der Waals surface area (Å²) in [4.78, 5) is 39.6. The Morgan fingerprint density at radius 1 is 1.06 bits per heavy atom. The number of hydrogen-bond donors (Lipinski definition) is 3. The Kier molecular flexibility index (Phi) is 7.74. The van der Waals surface area contributed by atoms with Gasteiger partial charge in [-0.05, 0) is 22.3 Å². The number of ether oxygens (including phenoxy) is 2. The zero-order chi connectivity index (χ0) is 24.8. The van der Waals surface area contributed by atoms with Crippen LogP contribution in [-0.4, -0.2) is 54.4 Å². The van der Waals surface area contributed by atoms with Gasteiger partial charge in [-0.3, -0.25) is 4.79 Å². The van der Waals surface area contributed by atoms with E-state index in [-0.39, 0.29) is 37.9 Å². The number of carbonyl (C=O) groups excluding carboxylic acids is 2. The number of alkyl carbamates (subject to hydrolysis) is 1. The third kappa shape index (κ3) is 5.84. The Hall–Kier alpha value is -3.76. The first-order valence-electron chi connectivity index (χ1n) is 11.0. The highest BCUT2D eigenvalue weighted by Crippen LogP contribution is 2.44. The number of aromatic nitrogens is 1. The van der Waals surface area contributed by atoms with Crippen LogP contribution in [0.15, 0.2) is 53.9 Å². The van der Waals surface area contributed by atoms with E-state index in [1.165, 1.54) is 18.4 Å². The van der Waals surface area contributed by atoms with E-state index in [9.17, 15) is 14.4 Å². The highest BCUT2D eigenvalue weighted by molar-refractivity contribution is 7.09. The van der Waals surface area contributed by atoms with Crippen LogP contribution in [0.5, 0.6) is 0 Å². The Balaban J connectivity index is 1.24. The zero-order valence-electron chi connectivity index (χ0n) is 19.0. The molecular formula is C25H25N3O6S. The first-order valence-corrected chi connectivity index (χ1v) is 11.9. The van der Waals surface area contributed by atoms with Gasteiger partial charge < -0.3 is 25.2 Å². The maximum absolute atomic E-state index is 12.3. The molecule has 1 heterocycles. The second-order valence-corrected chi connectivity index (χ2v) is 8.90. The fraction of sp³-hybridized carbons (Fsp3) is 0.280.